The minimum atomic E-state index is -3.56. The number of benzene rings is 1. The normalized spacial score (nSPS) is 11.1. The number of hydrogen-bond donors (Lipinski definition) is 0. The number of halogens is 1. The summed E-state index contributed by atoms with van der Waals surface area (Å²) in [5.41, 5.74) is 0.182. The molecule has 7 heteroatoms. The highest BCUT2D eigenvalue weighted by atomic mass is 32.2. The Morgan fingerprint density at radius 1 is 1.33 bits per heavy atom. The molecule has 0 aliphatic carbocycles. The van der Waals surface area contributed by atoms with Crippen molar-refractivity contribution in [2.24, 2.45) is 0 Å². The number of nitrogens with zero attached hydrogens (tertiary/aromatic N) is 1. The van der Waals surface area contributed by atoms with E-state index in [9.17, 15) is 22.4 Å². The summed E-state index contributed by atoms with van der Waals surface area (Å²) < 4.78 is 34.8. The summed E-state index contributed by atoms with van der Waals surface area (Å²) in [5.74, 6) is -3.45. The van der Waals surface area contributed by atoms with Gasteiger partial charge in [-0.25, -0.2) is 12.8 Å². The third kappa shape index (κ3) is 3.92. The van der Waals surface area contributed by atoms with Gasteiger partial charge in [-0.2, -0.15) is 0 Å². The van der Waals surface area contributed by atoms with Crippen LogP contribution in [0.15, 0.2) is 24.3 Å². The Bertz CT molecular complexity index is 582. The number of amides is 1. The van der Waals surface area contributed by atoms with Gasteiger partial charge >= 0.3 is 0 Å². The first-order valence-corrected chi connectivity index (χ1v) is 7.01. The Morgan fingerprint density at radius 2 is 1.94 bits per heavy atom. The van der Waals surface area contributed by atoms with Gasteiger partial charge in [0, 0.05) is 19.0 Å². The number of hydrogen-bond acceptors (Lipinski definition) is 4. The van der Waals surface area contributed by atoms with Crippen molar-refractivity contribution in [3.63, 3.8) is 0 Å². The maximum atomic E-state index is 12.9. The molecule has 1 amide bonds. The predicted octanol–water partition coefficient (Wildman–Crippen LogP) is 0.402. The molecule has 1 rings (SSSR count). The largest absolute Gasteiger partial charge is 0.309 e. The number of rotatable bonds is 4. The summed E-state index contributed by atoms with van der Waals surface area (Å²) in [4.78, 5) is 23.9. The zero-order valence-corrected chi connectivity index (χ0v) is 10.7. The predicted molar refractivity (Wildman–Crippen MR) is 64.5 cm³/mol. The van der Waals surface area contributed by atoms with Crippen LogP contribution in [0.5, 0.6) is 0 Å². The zero-order valence-electron chi connectivity index (χ0n) is 9.88. The van der Waals surface area contributed by atoms with Gasteiger partial charge in [-0.15, -0.1) is 0 Å². The molecule has 0 aromatic heterocycles. The molecule has 98 valence electrons. The number of carbonyl (C=O) groups excluding carboxylic acids is 2. The lowest BCUT2D eigenvalue weighted by molar-refractivity contribution is -0.134. The Kier molecular flexibility index (Phi) is 4.18. The van der Waals surface area contributed by atoms with E-state index in [1.165, 1.54) is 25.2 Å². The Balaban J connectivity index is 2.88. The number of Topliss-reactive ketones (excluding diaryl/α,β-unsaturated/α-hetero) is 1. The van der Waals surface area contributed by atoms with Crippen molar-refractivity contribution >= 4 is 27.2 Å². The number of carbonyl (C=O) groups is 2. The second-order valence-electron chi connectivity index (χ2n) is 3.84. The van der Waals surface area contributed by atoms with Gasteiger partial charge in [-0.3, -0.25) is 9.59 Å². The lowest BCUT2D eigenvalue weighted by Gasteiger charge is -2.16. The van der Waals surface area contributed by atoms with E-state index in [0.29, 0.717) is 0 Å². The monoisotopic (exact) mass is 273 g/mol. The molecule has 0 aliphatic rings. The third-order valence-corrected chi connectivity index (χ3v) is 2.92. The van der Waals surface area contributed by atoms with Gasteiger partial charge in [-0.1, -0.05) is 6.07 Å². The van der Waals surface area contributed by atoms with Gasteiger partial charge in [0.25, 0.3) is 5.91 Å². The van der Waals surface area contributed by atoms with Crippen LogP contribution < -0.4 is 4.90 Å². The molecule has 1 aromatic rings. The van der Waals surface area contributed by atoms with Crippen LogP contribution in [0.4, 0.5) is 10.1 Å². The summed E-state index contributed by atoms with van der Waals surface area (Å²) in [6.45, 7) is 0. The summed E-state index contributed by atoms with van der Waals surface area (Å²) in [5, 5.41) is 0. The molecular weight excluding hydrogens is 261 g/mol. The van der Waals surface area contributed by atoms with Crippen molar-refractivity contribution in [2.45, 2.75) is 0 Å². The topological polar surface area (TPSA) is 71.5 Å². The highest BCUT2D eigenvalue weighted by Crippen LogP contribution is 2.14. The zero-order chi connectivity index (χ0) is 13.9. The molecule has 0 unspecified atom stereocenters. The maximum absolute atomic E-state index is 12.9. The number of sulfone groups is 1. The lowest BCUT2D eigenvalue weighted by atomic mass is 10.2. The second-order valence-corrected chi connectivity index (χ2v) is 5.98. The van der Waals surface area contributed by atoms with E-state index in [1.807, 2.05) is 0 Å². The molecule has 0 atom stereocenters. The summed E-state index contributed by atoms with van der Waals surface area (Å²) >= 11 is 0. The molecule has 0 aliphatic heterocycles. The molecule has 18 heavy (non-hydrogen) atoms. The van der Waals surface area contributed by atoms with Crippen LogP contribution in [0.3, 0.4) is 0 Å². The molecule has 0 spiro atoms. The Labute approximate surface area is 104 Å². The standard InChI is InChI=1S/C11H12FNO4S/c1-13(9-5-3-4-8(12)6-9)11(15)10(14)7-18(2,16)17/h3-6H,7H2,1-2H3. The minimum absolute atomic E-state index is 0.182. The van der Waals surface area contributed by atoms with Gasteiger partial charge in [0.1, 0.15) is 11.6 Å². The molecule has 0 fully saturated rings. The van der Waals surface area contributed by atoms with Crippen LogP contribution >= 0.6 is 0 Å². The van der Waals surface area contributed by atoms with Crippen molar-refractivity contribution in [2.75, 3.05) is 24.0 Å². The summed E-state index contributed by atoms with van der Waals surface area (Å²) in [6, 6.07) is 5.09. The fourth-order valence-corrected chi connectivity index (χ4v) is 1.89. The van der Waals surface area contributed by atoms with Gasteiger partial charge in [0.05, 0.1) is 0 Å². The molecule has 5 nitrogen and oxygen atoms in total. The van der Waals surface area contributed by atoms with Gasteiger partial charge < -0.3 is 4.90 Å². The van der Waals surface area contributed by atoms with Crippen molar-refractivity contribution in [3.05, 3.63) is 30.1 Å². The fourth-order valence-electron chi connectivity index (χ4n) is 1.29. The number of likely N-dealkylation sites (N-methyl/N-ethyl adjacent to an activating group) is 1. The lowest BCUT2D eigenvalue weighted by Crippen LogP contribution is -2.36. The van der Waals surface area contributed by atoms with Gasteiger partial charge in [-0.05, 0) is 18.2 Å². The number of anilines is 1. The molecule has 0 radical (unpaired) electrons. The van der Waals surface area contributed by atoms with Crippen molar-refractivity contribution in [3.8, 4) is 0 Å². The number of ketones is 1. The van der Waals surface area contributed by atoms with Crippen LogP contribution in [-0.4, -0.2) is 39.2 Å². The molecule has 0 saturated carbocycles. The summed E-state index contributed by atoms with van der Waals surface area (Å²) in [6.07, 6.45) is 0.861. The maximum Gasteiger partial charge on any atom is 0.295 e. The van der Waals surface area contributed by atoms with Crippen LogP contribution in [0.2, 0.25) is 0 Å². The Hall–Kier alpha value is -1.76. The molecule has 1 aromatic carbocycles. The smallest absolute Gasteiger partial charge is 0.295 e. The SMILES string of the molecule is CN(C(=O)C(=O)CS(C)(=O)=O)c1cccc(F)c1. The van der Waals surface area contributed by atoms with E-state index in [0.717, 1.165) is 17.2 Å². The van der Waals surface area contributed by atoms with E-state index in [1.54, 1.807) is 0 Å². The van der Waals surface area contributed by atoms with Crippen molar-refractivity contribution in [1.82, 2.24) is 0 Å². The first-order chi connectivity index (χ1) is 8.20. The van der Waals surface area contributed by atoms with E-state index < -0.39 is 33.1 Å². The van der Waals surface area contributed by atoms with Crippen LogP contribution in [0.25, 0.3) is 0 Å². The molecule has 0 N–H and O–H groups in total. The van der Waals surface area contributed by atoms with Gasteiger partial charge in [0.15, 0.2) is 9.84 Å². The van der Waals surface area contributed by atoms with Crippen LogP contribution in [0, 0.1) is 5.82 Å². The average Bonchev–Trinajstić information content (AvgIpc) is 2.24. The average molecular weight is 273 g/mol. The quantitative estimate of drug-likeness (QED) is 0.745. The van der Waals surface area contributed by atoms with E-state index >= 15 is 0 Å². The fraction of sp³-hybridized carbons (Fsp3) is 0.273. The van der Waals surface area contributed by atoms with Gasteiger partial charge in [0.2, 0.25) is 5.78 Å². The minimum Gasteiger partial charge on any atom is -0.309 e. The highest BCUT2D eigenvalue weighted by Gasteiger charge is 2.23. The summed E-state index contributed by atoms with van der Waals surface area (Å²) in [7, 11) is -2.29. The molecular formula is C11H12FNO4S. The first kappa shape index (κ1) is 14.3. The highest BCUT2D eigenvalue weighted by molar-refractivity contribution is 7.91. The van der Waals surface area contributed by atoms with E-state index in [-0.39, 0.29) is 5.69 Å². The third-order valence-electron chi connectivity index (χ3n) is 2.13. The van der Waals surface area contributed by atoms with Crippen molar-refractivity contribution < 1.29 is 22.4 Å². The van der Waals surface area contributed by atoms with E-state index in [4.69, 9.17) is 0 Å². The molecule has 0 saturated heterocycles. The van der Waals surface area contributed by atoms with Crippen molar-refractivity contribution in [1.29, 1.82) is 0 Å². The second kappa shape index (κ2) is 5.26. The molecule has 0 heterocycles. The molecule has 0 bridgehead atoms. The first-order valence-electron chi connectivity index (χ1n) is 4.95. The Morgan fingerprint density at radius 3 is 2.44 bits per heavy atom. The van der Waals surface area contributed by atoms with E-state index in [2.05, 4.69) is 0 Å². The van der Waals surface area contributed by atoms with Crippen LogP contribution in [0.1, 0.15) is 0 Å². The van der Waals surface area contributed by atoms with Crippen LogP contribution in [-0.2, 0) is 19.4 Å².